The summed E-state index contributed by atoms with van der Waals surface area (Å²) in [5.74, 6) is 1.65. The van der Waals surface area contributed by atoms with E-state index in [9.17, 15) is 20.1 Å². The van der Waals surface area contributed by atoms with Gasteiger partial charge in [-0.3, -0.25) is 4.79 Å². The molecular formula is C32H26O8. The van der Waals surface area contributed by atoms with Gasteiger partial charge >= 0.3 is 0 Å². The second-order valence-corrected chi connectivity index (χ2v) is 9.66. The van der Waals surface area contributed by atoms with Crippen molar-refractivity contribution in [1.29, 1.82) is 0 Å². The first-order valence-electron chi connectivity index (χ1n) is 12.7. The summed E-state index contributed by atoms with van der Waals surface area (Å²) in [4.78, 5) is 13.9. The lowest BCUT2D eigenvalue weighted by Crippen LogP contribution is -2.19. The summed E-state index contributed by atoms with van der Waals surface area (Å²) in [6, 6.07) is 19.7. The van der Waals surface area contributed by atoms with Crippen molar-refractivity contribution in [3.63, 3.8) is 0 Å². The van der Waals surface area contributed by atoms with E-state index in [0.717, 1.165) is 5.56 Å². The van der Waals surface area contributed by atoms with E-state index in [0.29, 0.717) is 51.3 Å². The van der Waals surface area contributed by atoms with Crippen LogP contribution in [0.15, 0.2) is 82.0 Å². The molecule has 1 aliphatic heterocycles. The Labute approximate surface area is 229 Å². The SMILES string of the molecule is COc1ccc(-c2c(-c3cc(C4COc5cc(O)ccc5C4)c(O)cc3OC)oc3cc(O)ccc3c2=O)cc1. The molecule has 1 atom stereocenters. The smallest absolute Gasteiger partial charge is 0.201 e. The van der Waals surface area contributed by atoms with E-state index in [1.165, 1.54) is 31.4 Å². The summed E-state index contributed by atoms with van der Waals surface area (Å²) in [6.45, 7) is 0.274. The van der Waals surface area contributed by atoms with Crippen molar-refractivity contribution in [2.75, 3.05) is 20.8 Å². The maximum atomic E-state index is 13.9. The largest absolute Gasteiger partial charge is 0.508 e. The zero-order chi connectivity index (χ0) is 28.0. The van der Waals surface area contributed by atoms with Crippen LogP contribution < -0.4 is 19.6 Å². The standard InChI is InChI=1S/C32H26O8/c1-37-22-8-4-17(5-9-22)30-31(36)23-10-7-21(34)13-29(23)40-32(30)25-14-24(26(35)15-28(25)38-2)19-11-18-3-6-20(33)12-27(18)39-16-19/h3-10,12-15,19,33-35H,11,16H2,1-2H3. The van der Waals surface area contributed by atoms with Crippen LogP contribution in [0, 0.1) is 0 Å². The third-order valence-electron chi connectivity index (χ3n) is 7.24. The summed E-state index contributed by atoms with van der Waals surface area (Å²) in [5, 5.41) is 31.3. The Balaban J connectivity index is 1.57. The molecule has 0 saturated heterocycles. The molecule has 2 heterocycles. The number of benzene rings is 4. The molecule has 202 valence electrons. The van der Waals surface area contributed by atoms with Gasteiger partial charge < -0.3 is 33.9 Å². The maximum absolute atomic E-state index is 13.9. The van der Waals surface area contributed by atoms with Crippen LogP contribution in [0.25, 0.3) is 33.4 Å². The molecular weight excluding hydrogens is 512 g/mol. The molecule has 6 rings (SSSR count). The predicted octanol–water partition coefficient (Wildman–Crippen LogP) is 5.98. The Bertz CT molecular complexity index is 1800. The van der Waals surface area contributed by atoms with Gasteiger partial charge in [0.25, 0.3) is 0 Å². The Morgan fingerprint density at radius 2 is 1.60 bits per heavy atom. The van der Waals surface area contributed by atoms with E-state index in [1.54, 1.807) is 55.6 Å². The average Bonchev–Trinajstić information content (AvgIpc) is 2.96. The lowest BCUT2D eigenvalue weighted by molar-refractivity contribution is 0.258. The van der Waals surface area contributed by atoms with Crippen LogP contribution in [-0.4, -0.2) is 36.1 Å². The quantitative estimate of drug-likeness (QED) is 0.250. The Kier molecular flexibility index (Phi) is 6.23. The van der Waals surface area contributed by atoms with Gasteiger partial charge in [-0.25, -0.2) is 0 Å². The second-order valence-electron chi connectivity index (χ2n) is 9.66. The monoisotopic (exact) mass is 538 g/mol. The number of fused-ring (bicyclic) bond motifs is 2. The summed E-state index contributed by atoms with van der Waals surface area (Å²) < 4.78 is 23.2. The van der Waals surface area contributed by atoms with Gasteiger partial charge in [0, 0.05) is 29.7 Å². The fourth-order valence-corrected chi connectivity index (χ4v) is 5.21. The molecule has 1 aliphatic rings. The number of rotatable bonds is 5. The molecule has 0 amide bonds. The number of phenols is 3. The molecule has 0 saturated carbocycles. The predicted molar refractivity (Wildman–Crippen MR) is 150 cm³/mol. The minimum atomic E-state index is -0.284. The fraction of sp³-hybridized carbons (Fsp3) is 0.156. The van der Waals surface area contributed by atoms with Crippen molar-refractivity contribution in [3.8, 4) is 56.9 Å². The van der Waals surface area contributed by atoms with Gasteiger partial charge in [-0.05, 0) is 53.9 Å². The van der Waals surface area contributed by atoms with E-state index in [4.69, 9.17) is 18.6 Å². The van der Waals surface area contributed by atoms with Crippen molar-refractivity contribution < 1.29 is 33.9 Å². The second kappa shape index (κ2) is 9.89. The topological polar surface area (TPSA) is 119 Å². The zero-order valence-electron chi connectivity index (χ0n) is 21.8. The maximum Gasteiger partial charge on any atom is 0.201 e. The third kappa shape index (κ3) is 4.33. The van der Waals surface area contributed by atoms with Gasteiger partial charge in [-0.15, -0.1) is 0 Å². The van der Waals surface area contributed by atoms with Crippen molar-refractivity contribution in [1.82, 2.24) is 0 Å². The molecule has 4 aromatic carbocycles. The van der Waals surface area contributed by atoms with Crippen LogP contribution in [0.3, 0.4) is 0 Å². The van der Waals surface area contributed by atoms with Crippen molar-refractivity contribution >= 4 is 11.0 Å². The van der Waals surface area contributed by atoms with E-state index in [2.05, 4.69) is 0 Å². The van der Waals surface area contributed by atoms with E-state index >= 15 is 0 Å². The first kappa shape index (κ1) is 25.2. The van der Waals surface area contributed by atoms with Gasteiger partial charge in [0.2, 0.25) is 5.43 Å². The number of phenolic OH excluding ortho intramolecular Hbond substituents is 3. The van der Waals surface area contributed by atoms with Gasteiger partial charge in [0.1, 0.15) is 45.8 Å². The van der Waals surface area contributed by atoms with Crippen LogP contribution in [-0.2, 0) is 6.42 Å². The highest BCUT2D eigenvalue weighted by Crippen LogP contribution is 2.45. The molecule has 1 unspecified atom stereocenters. The number of methoxy groups -OCH3 is 2. The van der Waals surface area contributed by atoms with Crippen molar-refractivity contribution in [2.24, 2.45) is 0 Å². The number of hydrogen-bond acceptors (Lipinski definition) is 8. The highest BCUT2D eigenvalue weighted by atomic mass is 16.5. The summed E-state index contributed by atoms with van der Waals surface area (Å²) in [7, 11) is 3.04. The molecule has 40 heavy (non-hydrogen) atoms. The van der Waals surface area contributed by atoms with E-state index in [1.807, 2.05) is 0 Å². The highest BCUT2D eigenvalue weighted by molar-refractivity contribution is 5.91. The molecule has 1 aromatic heterocycles. The molecule has 3 N–H and O–H groups in total. The third-order valence-corrected chi connectivity index (χ3v) is 7.24. The highest BCUT2D eigenvalue weighted by Gasteiger charge is 2.28. The number of hydrogen-bond donors (Lipinski definition) is 3. The lowest BCUT2D eigenvalue weighted by atomic mass is 9.87. The molecule has 8 heteroatoms. The van der Waals surface area contributed by atoms with Gasteiger partial charge in [0.15, 0.2) is 0 Å². The fourth-order valence-electron chi connectivity index (χ4n) is 5.21. The van der Waals surface area contributed by atoms with Crippen LogP contribution in [0.4, 0.5) is 0 Å². The molecule has 8 nitrogen and oxygen atoms in total. The molecule has 0 fully saturated rings. The number of aromatic hydroxyl groups is 3. The van der Waals surface area contributed by atoms with Crippen LogP contribution in [0.2, 0.25) is 0 Å². The van der Waals surface area contributed by atoms with Crippen LogP contribution in [0.1, 0.15) is 17.0 Å². The zero-order valence-corrected chi connectivity index (χ0v) is 21.8. The molecule has 5 aromatic rings. The first-order valence-corrected chi connectivity index (χ1v) is 12.7. The van der Waals surface area contributed by atoms with Crippen molar-refractivity contribution in [2.45, 2.75) is 12.3 Å². The summed E-state index contributed by atoms with van der Waals surface area (Å²) in [6.07, 6.45) is 0.565. The number of ether oxygens (including phenoxy) is 3. The first-order chi connectivity index (χ1) is 19.4. The minimum Gasteiger partial charge on any atom is -0.508 e. The molecule has 0 radical (unpaired) electrons. The lowest BCUT2D eigenvalue weighted by Gasteiger charge is -2.27. The van der Waals surface area contributed by atoms with Crippen LogP contribution >= 0.6 is 0 Å². The van der Waals surface area contributed by atoms with Gasteiger partial charge in [-0.1, -0.05) is 18.2 Å². The Hall–Kier alpha value is -5.11. The molecule has 0 aliphatic carbocycles. The Morgan fingerprint density at radius 3 is 2.35 bits per heavy atom. The van der Waals surface area contributed by atoms with E-state index in [-0.39, 0.29) is 46.5 Å². The summed E-state index contributed by atoms with van der Waals surface area (Å²) >= 11 is 0. The molecule has 0 spiro atoms. The normalized spacial score (nSPS) is 14.4. The van der Waals surface area contributed by atoms with Crippen molar-refractivity contribution in [3.05, 3.63) is 94.1 Å². The minimum absolute atomic E-state index is 0.0169. The van der Waals surface area contributed by atoms with Gasteiger partial charge in [-0.2, -0.15) is 0 Å². The van der Waals surface area contributed by atoms with E-state index < -0.39 is 0 Å². The molecule has 0 bridgehead atoms. The Morgan fingerprint density at radius 1 is 0.850 bits per heavy atom. The van der Waals surface area contributed by atoms with Crippen LogP contribution in [0.5, 0.6) is 34.5 Å². The van der Waals surface area contributed by atoms with Gasteiger partial charge in [0.05, 0.1) is 37.3 Å². The summed E-state index contributed by atoms with van der Waals surface area (Å²) in [5.41, 5.74) is 2.78. The average molecular weight is 539 g/mol.